The molecule has 0 amide bonds. The van der Waals surface area contributed by atoms with Crippen molar-refractivity contribution in [1.82, 2.24) is 0 Å². The van der Waals surface area contributed by atoms with Crippen molar-refractivity contribution in [2.75, 3.05) is 0 Å². The highest BCUT2D eigenvalue weighted by Gasteiger charge is 2.33. The Bertz CT molecular complexity index is 158. The summed E-state index contributed by atoms with van der Waals surface area (Å²) in [4.78, 5) is 0. The second-order valence-electron chi connectivity index (χ2n) is 7.13. The van der Waals surface area contributed by atoms with Gasteiger partial charge in [-0.15, -0.1) is 0 Å². The molecule has 86 valence electrons. The van der Waals surface area contributed by atoms with Crippen LogP contribution in [0.2, 0.25) is 0 Å². The molecule has 0 aromatic carbocycles. The molecule has 0 rings (SSSR count). The highest BCUT2D eigenvalue weighted by atomic mass is 28.2. The van der Waals surface area contributed by atoms with E-state index in [0.29, 0.717) is 10.8 Å². The van der Waals surface area contributed by atoms with Crippen molar-refractivity contribution in [2.45, 2.75) is 66.9 Å². The Balaban J connectivity index is 4.49. The molecule has 0 bridgehead atoms. The van der Waals surface area contributed by atoms with Gasteiger partial charge < -0.3 is 4.43 Å². The minimum Gasteiger partial charge on any atom is -0.423 e. The standard InChI is InChI=1S/C12H28OSi/c1-10(2,3)8-12(7,13-14)9-11(4,5)6/h8-9H2,1-7,14H3. The van der Waals surface area contributed by atoms with Crippen molar-refractivity contribution in [1.29, 1.82) is 0 Å². The number of hydrogen-bond acceptors (Lipinski definition) is 1. The van der Waals surface area contributed by atoms with Gasteiger partial charge in [0.1, 0.15) is 10.5 Å². The van der Waals surface area contributed by atoms with Crippen molar-refractivity contribution in [3.05, 3.63) is 0 Å². The van der Waals surface area contributed by atoms with Gasteiger partial charge in [0.2, 0.25) is 0 Å². The maximum absolute atomic E-state index is 5.83. The summed E-state index contributed by atoms with van der Waals surface area (Å²) in [6.07, 6.45) is 2.28. The van der Waals surface area contributed by atoms with Gasteiger partial charge in [-0.2, -0.15) is 0 Å². The van der Waals surface area contributed by atoms with Gasteiger partial charge in [0.05, 0.1) is 5.60 Å². The van der Waals surface area contributed by atoms with E-state index in [9.17, 15) is 0 Å². The summed E-state index contributed by atoms with van der Waals surface area (Å²) in [7, 11) is 0.833. The molecular weight excluding hydrogens is 188 g/mol. The Morgan fingerprint density at radius 2 is 1.07 bits per heavy atom. The summed E-state index contributed by atoms with van der Waals surface area (Å²) in [5, 5.41) is 0. The molecule has 0 heterocycles. The average Bonchev–Trinajstić information content (AvgIpc) is 1.78. The Kier molecular flexibility index (Phi) is 4.41. The summed E-state index contributed by atoms with van der Waals surface area (Å²) in [6, 6.07) is 0. The fourth-order valence-electron chi connectivity index (χ4n) is 2.45. The van der Waals surface area contributed by atoms with Gasteiger partial charge in [0.15, 0.2) is 0 Å². The van der Waals surface area contributed by atoms with Gasteiger partial charge >= 0.3 is 0 Å². The number of rotatable bonds is 3. The molecule has 2 heteroatoms. The summed E-state index contributed by atoms with van der Waals surface area (Å²) < 4.78 is 5.83. The second-order valence-corrected chi connectivity index (χ2v) is 7.54. The van der Waals surface area contributed by atoms with Crippen molar-refractivity contribution in [3.8, 4) is 0 Å². The van der Waals surface area contributed by atoms with E-state index in [-0.39, 0.29) is 5.60 Å². The lowest BCUT2D eigenvalue weighted by Crippen LogP contribution is -2.37. The first-order valence-corrected chi connectivity index (χ1v) is 6.34. The molecule has 0 N–H and O–H groups in total. The van der Waals surface area contributed by atoms with Gasteiger partial charge in [0, 0.05) is 0 Å². The normalized spacial score (nSPS) is 14.8. The lowest BCUT2D eigenvalue weighted by Gasteiger charge is -2.39. The van der Waals surface area contributed by atoms with E-state index in [2.05, 4.69) is 48.5 Å². The second kappa shape index (κ2) is 4.36. The predicted molar refractivity (Wildman–Crippen MR) is 67.6 cm³/mol. The van der Waals surface area contributed by atoms with Gasteiger partial charge in [-0.05, 0) is 30.6 Å². The lowest BCUT2D eigenvalue weighted by molar-refractivity contribution is 0.0156. The molecule has 0 aliphatic heterocycles. The van der Waals surface area contributed by atoms with E-state index in [1.54, 1.807) is 0 Å². The molecule has 0 saturated carbocycles. The van der Waals surface area contributed by atoms with Crippen LogP contribution in [0.5, 0.6) is 0 Å². The highest BCUT2D eigenvalue weighted by Crippen LogP contribution is 2.37. The molecule has 0 unspecified atom stereocenters. The summed E-state index contributed by atoms with van der Waals surface area (Å²) in [5.74, 6) is 0. The smallest absolute Gasteiger partial charge is 0.146 e. The zero-order chi connectivity index (χ0) is 11.6. The summed E-state index contributed by atoms with van der Waals surface area (Å²) in [6.45, 7) is 16.0. The van der Waals surface area contributed by atoms with Crippen LogP contribution in [0.3, 0.4) is 0 Å². The zero-order valence-electron chi connectivity index (χ0n) is 11.3. The molecule has 0 atom stereocenters. The van der Waals surface area contributed by atoms with E-state index in [4.69, 9.17) is 4.43 Å². The van der Waals surface area contributed by atoms with Crippen LogP contribution < -0.4 is 0 Å². The molecule has 1 nitrogen and oxygen atoms in total. The van der Waals surface area contributed by atoms with Crippen LogP contribution in [-0.2, 0) is 4.43 Å². The van der Waals surface area contributed by atoms with Crippen molar-refractivity contribution >= 4 is 10.5 Å². The molecule has 0 aliphatic carbocycles. The van der Waals surface area contributed by atoms with Gasteiger partial charge in [-0.1, -0.05) is 41.5 Å². The first kappa shape index (κ1) is 14.2. The van der Waals surface area contributed by atoms with E-state index in [1.165, 1.54) is 0 Å². The Morgan fingerprint density at radius 3 is 1.21 bits per heavy atom. The fraction of sp³-hybridized carbons (Fsp3) is 1.00. The zero-order valence-corrected chi connectivity index (χ0v) is 13.3. The maximum atomic E-state index is 5.83. The van der Waals surface area contributed by atoms with Crippen molar-refractivity contribution < 1.29 is 4.43 Å². The number of hydrogen-bond donors (Lipinski definition) is 0. The van der Waals surface area contributed by atoms with Gasteiger partial charge in [-0.3, -0.25) is 0 Å². The SMILES string of the molecule is CC(C)(C)CC(C)(CC(C)(C)C)O[SiH3]. The van der Waals surface area contributed by atoms with E-state index >= 15 is 0 Å². The third-order valence-corrected chi connectivity index (χ3v) is 3.29. The van der Waals surface area contributed by atoms with E-state index in [0.717, 1.165) is 23.3 Å². The molecule has 0 spiro atoms. The first-order valence-electron chi connectivity index (χ1n) is 5.53. The minimum absolute atomic E-state index is 0.0721. The first-order chi connectivity index (χ1) is 5.97. The lowest BCUT2D eigenvalue weighted by atomic mass is 9.75. The predicted octanol–water partition coefficient (Wildman–Crippen LogP) is 2.91. The highest BCUT2D eigenvalue weighted by molar-refractivity contribution is 5.98. The molecule has 0 aliphatic rings. The minimum atomic E-state index is 0.0721. The molecular formula is C12H28OSi. The van der Waals surface area contributed by atoms with Gasteiger partial charge in [0.25, 0.3) is 0 Å². The van der Waals surface area contributed by atoms with Crippen molar-refractivity contribution in [3.63, 3.8) is 0 Å². The Labute approximate surface area is 93.2 Å². The van der Waals surface area contributed by atoms with Crippen LogP contribution in [0.25, 0.3) is 0 Å². The van der Waals surface area contributed by atoms with Crippen LogP contribution in [0.1, 0.15) is 61.3 Å². The third-order valence-electron chi connectivity index (χ3n) is 2.30. The van der Waals surface area contributed by atoms with Crippen molar-refractivity contribution in [2.24, 2.45) is 10.8 Å². The molecule has 0 aromatic heterocycles. The Morgan fingerprint density at radius 1 is 0.786 bits per heavy atom. The van der Waals surface area contributed by atoms with E-state index in [1.807, 2.05) is 0 Å². The third kappa shape index (κ3) is 6.60. The molecule has 14 heavy (non-hydrogen) atoms. The monoisotopic (exact) mass is 216 g/mol. The molecule has 0 fully saturated rings. The van der Waals surface area contributed by atoms with Crippen LogP contribution in [-0.4, -0.2) is 16.1 Å². The summed E-state index contributed by atoms with van der Waals surface area (Å²) in [5.41, 5.74) is 0.775. The molecule has 0 saturated heterocycles. The van der Waals surface area contributed by atoms with Gasteiger partial charge in [-0.25, -0.2) is 0 Å². The average molecular weight is 216 g/mol. The maximum Gasteiger partial charge on any atom is 0.146 e. The molecule has 0 aromatic rings. The fourth-order valence-corrected chi connectivity index (χ4v) is 2.74. The Hall–Kier alpha value is 0.177. The topological polar surface area (TPSA) is 9.23 Å². The summed E-state index contributed by atoms with van der Waals surface area (Å²) >= 11 is 0. The van der Waals surface area contributed by atoms with Crippen LogP contribution >= 0.6 is 0 Å². The van der Waals surface area contributed by atoms with Crippen LogP contribution in [0, 0.1) is 10.8 Å². The van der Waals surface area contributed by atoms with Crippen LogP contribution in [0.4, 0.5) is 0 Å². The quantitative estimate of drug-likeness (QED) is 0.659. The van der Waals surface area contributed by atoms with E-state index < -0.39 is 0 Å². The van der Waals surface area contributed by atoms with Crippen LogP contribution in [0.15, 0.2) is 0 Å². The molecule has 0 radical (unpaired) electrons. The largest absolute Gasteiger partial charge is 0.423 e.